The summed E-state index contributed by atoms with van der Waals surface area (Å²) in [6.45, 7) is 2.44. The summed E-state index contributed by atoms with van der Waals surface area (Å²) in [6, 6.07) is 0.825. The Morgan fingerprint density at radius 1 is 1.35 bits per heavy atom. The summed E-state index contributed by atoms with van der Waals surface area (Å²) in [7, 11) is 1.87. The lowest BCUT2D eigenvalue weighted by atomic mass is 10.1. The van der Waals surface area contributed by atoms with Crippen molar-refractivity contribution >= 4 is 5.91 Å². The maximum absolute atomic E-state index is 12.2. The number of nitrogens with two attached hydrogens (primary N) is 1. The fourth-order valence-electron chi connectivity index (χ4n) is 3.53. The van der Waals surface area contributed by atoms with E-state index in [0.29, 0.717) is 38.0 Å². The summed E-state index contributed by atoms with van der Waals surface area (Å²) in [5, 5.41) is 7.05. The first-order valence-electron chi connectivity index (χ1n) is 8.72. The lowest BCUT2D eigenvalue weighted by molar-refractivity contribution is -0.122. The van der Waals surface area contributed by atoms with E-state index in [2.05, 4.69) is 20.3 Å². The fraction of sp³-hybridized carbons (Fsp3) is 0.812. The molecule has 0 unspecified atom stereocenters. The molecule has 128 valence electrons. The van der Waals surface area contributed by atoms with Gasteiger partial charge >= 0.3 is 0 Å². The van der Waals surface area contributed by atoms with Gasteiger partial charge < -0.3 is 11.1 Å². The molecule has 7 nitrogen and oxygen atoms in total. The van der Waals surface area contributed by atoms with Crippen molar-refractivity contribution in [2.75, 3.05) is 19.6 Å². The average molecular weight is 320 g/mol. The van der Waals surface area contributed by atoms with Gasteiger partial charge in [-0.15, -0.1) is 0 Å². The third-order valence-electron chi connectivity index (χ3n) is 5.11. The van der Waals surface area contributed by atoms with Gasteiger partial charge in [0.2, 0.25) is 5.91 Å². The van der Waals surface area contributed by atoms with Gasteiger partial charge in [-0.3, -0.25) is 14.4 Å². The normalized spacial score (nSPS) is 25.0. The molecule has 7 heteroatoms. The molecule has 0 bridgehead atoms. The van der Waals surface area contributed by atoms with E-state index in [-0.39, 0.29) is 5.91 Å². The van der Waals surface area contributed by atoms with Crippen LogP contribution in [0.5, 0.6) is 0 Å². The first-order chi connectivity index (χ1) is 11.2. The smallest absolute Gasteiger partial charge is 0.221 e. The molecular weight excluding hydrogens is 292 g/mol. The Balaban J connectivity index is 1.43. The second-order valence-corrected chi connectivity index (χ2v) is 6.86. The predicted octanol–water partition coefficient (Wildman–Crippen LogP) is 0.0656. The van der Waals surface area contributed by atoms with Gasteiger partial charge in [-0.05, 0) is 31.6 Å². The van der Waals surface area contributed by atoms with Crippen LogP contribution in [0.15, 0.2) is 6.33 Å². The van der Waals surface area contributed by atoms with Crippen LogP contribution >= 0.6 is 0 Å². The topological polar surface area (TPSA) is 89.1 Å². The number of aromatic nitrogens is 3. The van der Waals surface area contributed by atoms with Crippen molar-refractivity contribution in [1.29, 1.82) is 0 Å². The Hall–Kier alpha value is -1.47. The molecule has 0 aromatic carbocycles. The molecule has 1 saturated carbocycles. The largest absolute Gasteiger partial charge is 0.356 e. The maximum Gasteiger partial charge on any atom is 0.221 e. The Morgan fingerprint density at radius 2 is 2.13 bits per heavy atom. The van der Waals surface area contributed by atoms with Gasteiger partial charge in [0, 0.05) is 51.6 Å². The summed E-state index contributed by atoms with van der Waals surface area (Å²) in [4.78, 5) is 18.9. The van der Waals surface area contributed by atoms with Gasteiger partial charge in [-0.2, -0.15) is 5.10 Å². The molecule has 0 radical (unpaired) electrons. The van der Waals surface area contributed by atoms with E-state index < -0.39 is 0 Å². The minimum atomic E-state index is 0.135. The molecule has 1 saturated heterocycles. The first kappa shape index (κ1) is 16.4. The lowest BCUT2D eigenvalue weighted by Crippen LogP contribution is -2.43. The Labute approximate surface area is 137 Å². The number of nitrogens with one attached hydrogen (secondary N) is 1. The number of carbonyl (C=O) groups is 1. The molecule has 2 atom stereocenters. The molecule has 1 aliphatic carbocycles. The maximum atomic E-state index is 12.2. The molecule has 0 spiro atoms. The quantitative estimate of drug-likeness (QED) is 0.707. The van der Waals surface area contributed by atoms with Crippen molar-refractivity contribution in [2.24, 2.45) is 18.7 Å². The van der Waals surface area contributed by atoms with Crippen molar-refractivity contribution < 1.29 is 4.79 Å². The summed E-state index contributed by atoms with van der Waals surface area (Å²) in [5.41, 5.74) is 5.90. The minimum absolute atomic E-state index is 0.135. The van der Waals surface area contributed by atoms with Gasteiger partial charge in [0.25, 0.3) is 0 Å². The highest BCUT2D eigenvalue weighted by Gasteiger charge is 2.37. The summed E-state index contributed by atoms with van der Waals surface area (Å²) in [5.74, 6) is 1.86. The molecule has 1 amide bonds. The Morgan fingerprint density at radius 3 is 2.78 bits per heavy atom. The average Bonchev–Trinajstić information content (AvgIpc) is 3.15. The van der Waals surface area contributed by atoms with Crippen LogP contribution in [0.2, 0.25) is 0 Å². The fourth-order valence-corrected chi connectivity index (χ4v) is 3.53. The molecule has 2 aliphatic rings. The van der Waals surface area contributed by atoms with Crippen molar-refractivity contribution in [3.63, 3.8) is 0 Å². The molecule has 1 aromatic rings. The van der Waals surface area contributed by atoms with Crippen LogP contribution in [0.4, 0.5) is 0 Å². The van der Waals surface area contributed by atoms with Gasteiger partial charge in [-0.1, -0.05) is 0 Å². The second kappa shape index (κ2) is 7.40. The van der Waals surface area contributed by atoms with Crippen molar-refractivity contribution in [1.82, 2.24) is 25.0 Å². The van der Waals surface area contributed by atoms with Crippen molar-refractivity contribution in [2.45, 2.75) is 50.6 Å². The van der Waals surface area contributed by atoms with Gasteiger partial charge in [0.05, 0.1) is 0 Å². The van der Waals surface area contributed by atoms with Crippen LogP contribution < -0.4 is 11.1 Å². The van der Waals surface area contributed by atoms with Crippen LogP contribution in [0.25, 0.3) is 0 Å². The zero-order valence-electron chi connectivity index (χ0n) is 13.9. The van der Waals surface area contributed by atoms with Crippen molar-refractivity contribution in [3.8, 4) is 0 Å². The number of hydrogen-bond acceptors (Lipinski definition) is 5. The molecular formula is C16H28N6O. The Kier molecular flexibility index (Phi) is 5.27. The number of likely N-dealkylation sites (tertiary alicyclic amines) is 1. The minimum Gasteiger partial charge on any atom is -0.356 e. The number of amides is 1. The van der Waals surface area contributed by atoms with Crippen molar-refractivity contribution in [3.05, 3.63) is 12.2 Å². The number of nitrogens with zero attached hydrogens (tertiary/aromatic N) is 4. The second-order valence-electron chi connectivity index (χ2n) is 6.86. The van der Waals surface area contributed by atoms with Gasteiger partial charge in [0.1, 0.15) is 12.2 Å². The summed E-state index contributed by atoms with van der Waals surface area (Å²) < 4.78 is 1.74. The van der Waals surface area contributed by atoms with Crippen LogP contribution in [0.3, 0.4) is 0 Å². The van der Waals surface area contributed by atoms with Gasteiger partial charge in [-0.25, -0.2) is 4.98 Å². The Bertz CT molecular complexity index is 526. The van der Waals surface area contributed by atoms with E-state index in [0.717, 1.165) is 31.1 Å². The zero-order chi connectivity index (χ0) is 16.2. The summed E-state index contributed by atoms with van der Waals surface area (Å²) >= 11 is 0. The van der Waals surface area contributed by atoms with E-state index >= 15 is 0 Å². The standard InChI is InChI=1S/C16H28N6O/c1-21-15(19-11-20-21)6-7-18-16(23)8-13-4-5-14(9-17)22(13)10-12-2-3-12/h11-14H,2-10,17H2,1H3,(H,18,23)/t13-,14+/m0/s1. The van der Waals surface area contributed by atoms with Gasteiger partial charge in [0.15, 0.2) is 0 Å². The number of aryl methyl sites for hydroxylation is 1. The molecule has 1 aromatic heterocycles. The highest BCUT2D eigenvalue weighted by molar-refractivity contribution is 5.76. The number of rotatable bonds is 8. The lowest BCUT2D eigenvalue weighted by Gasteiger charge is -2.29. The molecule has 2 heterocycles. The predicted molar refractivity (Wildman–Crippen MR) is 87.6 cm³/mol. The van der Waals surface area contributed by atoms with E-state index in [1.165, 1.54) is 12.8 Å². The third-order valence-corrected chi connectivity index (χ3v) is 5.11. The highest BCUT2D eigenvalue weighted by atomic mass is 16.1. The van der Waals surface area contributed by atoms with Crippen LogP contribution in [-0.4, -0.2) is 57.3 Å². The summed E-state index contributed by atoms with van der Waals surface area (Å²) in [6.07, 6.45) is 7.73. The molecule has 23 heavy (non-hydrogen) atoms. The highest BCUT2D eigenvalue weighted by Crippen LogP contribution is 2.35. The third kappa shape index (κ3) is 4.29. The van der Waals surface area contributed by atoms with E-state index in [9.17, 15) is 4.79 Å². The number of hydrogen-bond donors (Lipinski definition) is 2. The van der Waals surface area contributed by atoms with E-state index in [1.54, 1.807) is 11.0 Å². The van der Waals surface area contributed by atoms with Crippen LogP contribution in [0, 0.1) is 5.92 Å². The van der Waals surface area contributed by atoms with E-state index in [1.807, 2.05) is 7.05 Å². The van der Waals surface area contributed by atoms with Crippen LogP contribution in [0.1, 0.15) is 37.9 Å². The number of carbonyl (C=O) groups excluding carboxylic acids is 1. The molecule has 2 fully saturated rings. The SMILES string of the molecule is Cn1ncnc1CCNC(=O)C[C@@H]1CC[C@H](CN)N1CC1CC1. The zero-order valence-corrected chi connectivity index (χ0v) is 13.9. The first-order valence-corrected chi connectivity index (χ1v) is 8.72. The molecule has 1 aliphatic heterocycles. The van der Waals surface area contributed by atoms with Crippen LogP contribution in [-0.2, 0) is 18.3 Å². The monoisotopic (exact) mass is 320 g/mol. The molecule has 3 rings (SSSR count). The molecule has 3 N–H and O–H groups in total. The van der Waals surface area contributed by atoms with E-state index in [4.69, 9.17) is 5.73 Å².